The normalized spacial score (nSPS) is 20.3. The Balaban J connectivity index is 1.91. The highest BCUT2D eigenvalue weighted by atomic mass is 16.5. The summed E-state index contributed by atoms with van der Waals surface area (Å²) in [7, 11) is 0. The van der Waals surface area contributed by atoms with Crippen LogP contribution in [0, 0.1) is 5.92 Å². The molecule has 1 N–H and O–H groups in total. The topological polar surface area (TPSA) is 29.5 Å². The Kier molecular flexibility index (Phi) is 4.65. The Morgan fingerprint density at radius 2 is 2.11 bits per heavy atom. The smallest absolute Gasteiger partial charge is 0.122 e. The second-order valence-corrected chi connectivity index (χ2v) is 5.73. The van der Waals surface area contributed by atoms with Crippen LogP contribution in [-0.4, -0.2) is 17.8 Å². The van der Waals surface area contributed by atoms with Crippen molar-refractivity contribution in [2.45, 2.75) is 51.6 Å². The van der Waals surface area contributed by atoms with Crippen molar-refractivity contribution in [3.63, 3.8) is 0 Å². The van der Waals surface area contributed by atoms with E-state index in [2.05, 4.69) is 26.0 Å². The first-order valence-electron chi connectivity index (χ1n) is 7.06. The van der Waals surface area contributed by atoms with Crippen LogP contribution in [0.15, 0.2) is 24.3 Å². The van der Waals surface area contributed by atoms with E-state index in [0.29, 0.717) is 11.8 Å². The van der Waals surface area contributed by atoms with E-state index >= 15 is 0 Å². The molecule has 1 heterocycles. The Morgan fingerprint density at radius 1 is 1.33 bits per heavy atom. The van der Waals surface area contributed by atoms with Crippen molar-refractivity contribution in [2.75, 3.05) is 6.61 Å². The number of aliphatic hydroxyl groups excluding tert-OH is 1. The molecule has 0 fully saturated rings. The predicted molar refractivity (Wildman–Crippen MR) is 74.0 cm³/mol. The zero-order chi connectivity index (χ0) is 13.0. The van der Waals surface area contributed by atoms with Crippen molar-refractivity contribution in [3.8, 4) is 5.75 Å². The molecule has 1 aliphatic rings. The van der Waals surface area contributed by atoms with Crippen molar-refractivity contribution in [2.24, 2.45) is 5.92 Å². The Bertz CT molecular complexity index is 373. The van der Waals surface area contributed by atoms with Gasteiger partial charge in [0.25, 0.3) is 0 Å². The van der Waals surface area contributed by atoms with Crippen LogP contribution >= 0.6 is 0 Å². The van der Waals surface area contributed by atoms with Gasteiger partial charge in [-0.15, -0.1) is 0 Å². The minimum Gasteiger partial charge on any atom is -0.493 e. The van der Waals surface area contributed by atoms with Crippen LogP contribution < -0.4 is 4.74 Å². The van der Waals surface area contributed by atoms with Gasteiger partial charge in [-0.3, -0.25) is 0 Å². The molecule has 1 aliphatic heterocycles. The first-order chi connectivity index (χ1) is 8.66. The summed E-state index contributed by atoms with van der Waals surface area (Å²) in [6, 6.07) is 8.31. The molecule has 2 heteroatoms. The average molecular weight is 248 g/mol. The number of para-hydroxylation sites is 1. The number of fused-ring (bicyclic) bond motifs is 1. The number of ether oxygens (including phenoxy) is 1. The standard InChI is InChI=1S/C16H24O2/c1-12(2)11-14(17)8-7-13-9-10-18-16-6-4-3-5-15(13)16/h3-6,12-14,17H,7-11H2,1-2H3. The molecule has 2 atom stereocenters. The first-order valence-corrected chi connectivity index (χ1v) is 7.06. The fourth-order valence-corrected chi connectivity index (χ4v) is 2.77. The largest absolute Gasteiger partial charge is 0.493 e. The van der Waals surface area contributed by atoms with Crippen molar-refractivity contribution >= 4 is 0 Å². The molecular weight excluding hydrogens is 224 g/mol. The summed E-state index contributed by atoms with van der Waals surface area (Å²) in [4.78, 5) is 0. The third-order valence-corrected chi connectivity index (χ3v) is 3.67. The molecule has 1 aromatic rings. The average Bonchev–Trinajstić information content (AvgIpc) is 2.35. The van der Waals surface area contributed by atoms with E-state index in [9.17, 15) is 5.11 Å². The molecule has 0 saturated heterocycles. The van der Waals surface area contributed by atoms with Crippen molar-refractivity contribution in [1.29, 1.82) is 0 Å². The fourth-order valence-electron chi connectivity index (χ4n) is 2.77. The molecule has 2 unspecified atom stereocenters. The second kappa shape index (κ2) is 6.24. The zero-order valence-electron chi connectivity index (χ0n) is 11.4. The van der Waals surface area contributed by atoms with E-state index in [1.807, 2.05) is 12.1 Å². The fraction of sp³-hybridized carbons (Fsp3) is 0.625. The monoisotopic (exact) mass is 248 g/mol. The van der Waals surface area contributed by atoms with E-state index < -0.39 is 0 Å². The lowest BCUT2D eigenvalue weighted by Crippen LogP contribution is -2.17. The molecule has 0 amide bonds. The van der Waals surface area contributed by atoms with Crippen LogP contribution in [-0.2, 0) is 0 Å². The Morgan fingerprint density at radius 3 is 2.89 bits per heavy atom. The van der Waals surface area contributed by atoms with Gasteiger partial charge >= 0.3 is 0 Å². The zero-order valence-corrected chi connectivity index (χ0v) is 11.4. The van der Waals surface area contributed by atoms with Crippen LogP contribution in [0.4, 0.5) is 0 Å². The molecule has 0 saturated carbocycles. The van der Waals surface area contributed by atoms with Gasteiger partial charge in [-0.2, -0.15) is 0 Å². The third-order valence-electron chi connectivity index (χ3n) is 3.67. The van der Waals surface area contributed by atoms with E-state index in [-0.39, 0.29) is 6.10 Å². The molecule has 0 aliphatic carbocycles. The minimum absolute atomic E-state index is 0.153. The second-order valence-electron chi connectivity index (χ2n) is 5.73. The number of rotatable bonds is 5. The number of hydrogen-bond acceptors (Lipinski definition) is 2. The highest BCUT2D eigenvalue weighted by Crippen LogP contribution is 2.36. The van der Waals surface area contributed by atoms with Gasteiger partial charge in [-0.25, -0.2) is 0 Å². The molecule has 0 radical (unpaired) electrons. The van der Waals surface area contributed by atoms with Crippen molar-refractivity contribution < 1.29 is 9.84 Å². The molecule has 2 rings (SSSR count). The summed E-state index contributed by atoms with van der Waals surface area (Å²) >= 11 is 0. The summed E-state index contributed by atoms with van der Waals surface area (Å²) in [5.41, 5.74) is 1.32. The van der Waals surface area contributed by atoms with Gasteiger partial charge in [0.2, 0.25) is 0 Å². The summed E-state index contributed by atoms with van der Waals surface area (Å²) in [5.74, 6) is 2.16. The maximum atomic E-state index is 9.97. The SMILES string of the molecule is CC(C)CC(O)CCC1CCOc2ccccc21. The van der Waals surface area contributed by atoms with Gasteiger partial charge < -0.3 is 9.84 Å². The van der Waals surface area contributed by atoms with Gasteiger partial charge in [0.1, 0.15) is 5.75 Å². The van der Waals surface area contributed by atoms with Crippen LogP contribution in [0.25, 0.3) is 0 Å². The number of aliphatic hydroxyl groups is 1. The maximum Gasteiger partial charge on any atom is 0.122 e. The molecule has 1 aromatic carbocycles. The Hall–Kier alpha value is -1.02. The minimum atomic E-state index is -0.153. The van der Waals surface area contributed by atoms with Gasteiger partial charge in [-0.1, -0.05) is 32.0 Å². The van der Waals surface area contributed by atoms with E-state index in [0.717, 1.165) is 38.0 Å². The lowest BCUT2D eigenvalue weighted by Gasteiger charge is -2.26. The summed E-state index contributed by atoms with van der Waals surface area (Å²) < 4.78 is 5.66. The molecular formula is C16H24O2. The summed E-state index contributed by atoms with van der Waals surface area (Å²) in [5, 5.41) is 9.97. The summed E-state index contributed by atoms with van der Waals surface area (Å²) in [6.07, 6.45) is 3.79. The van der Waals surface area contributed by atoms with Crippen molar-refractivity contribution in [1.82, 2.24) is 0 Å². The molecule has 100 valence electrons. The predicted octanol–water partition coefficient (Wildman–Crippen LogP) is 3.74. The lowest BCUT2D eigenvalue weighted by molar-refractivity contribution is 0.131. The van der Waals surface area contributed by atoms with Gasteiger partial charge in [-0.05, 0) is 49.1 Å². The van der Waals surface area contributed by atoms with Gasteiger partial charge in [0.15, 0.2) is 0 Å². The Labute approximate surface area is 110 Å². The highest BCUT2D eigenvalue weighted by Gasteiger charge is 2.21. The van der Waals surface area contributed by atoms with E-state index in [4.69, 9.17) is 4.74 Å². The molecule has 2 nitrogen and oxygen atoms in total. The molecule has 18 heavy (non-hydrogen) atoms. The van der Waals surface area contributed by atoms with Crippen LogP contribution in [0.5, 0.6) is 5.75 Å². The van der Waals surface area contributed by atoms with Crippen LogP contribution in [0.1, 0.15) is 51.0 Å². The van der Waals surface area contributed by atoms with Gasteiger partial charge in [0, 0.05) is 0 Å². The van der Waals surface area contributed by atoms with E-state index in [1.165, 1.54) is 5.56 Å². The maximum absolute atomic E-state index is 9.97. The molecule has 0 aromatic heterocycles. The number of benzene rings is 1. The van der Waals surface area contributed by atoms with Crippen LogP contribution in [0.3, 0.4) is 0 Å². The number of hydrogen-bond donors (Lipinski definition) is 1. The quantitative estimate of drug-likeness (QED) is 0.860. The molecule has 0 bridgehead atoms. The highest BCUT2D eigenvalue weighted by molar-refractivity contribution is 5.37. The van der Waals surface area contributed by atoms with E-state index in [1.54, 1.807) is 0 Å². The van der Waals surface area contributed by atoms with Gasteiger partial charge in [0.05, 0.1) is 12.7 Å². The summed E-state index contributed by atoms with van der Waals surface area (Å²) in [6.45, 7) is 5.13. The first kappa shape index (κ1) is 13.4. The lowest BCUT2D eigenvalue weighted by atomic mass is 9.87. The molecule has 0 spiro atoms. The van der Waals surface area contributed by atoms with Crippen molar-refractivity contribution in [3.05, 3.63) is 29.8 Å². The third kappa shape index (κ3) is 3.49. The van der Waals surface area contributed by atoms with Crippen LogP contribution in [0.2, 0.25) is 0 Å².